The van der Waals surface area contributed by atoms with Crippen molar-refractivity contribution in [3.63, 3.8) is 0 Å². The average Bonchev–Trinajstić information content (AvgIpc) is 3.06. The molecule has 0 spiro atoms. The monoisotopic (exact) mass is 473 g/mol. The van der Waals surface area contributed by atoms with Gasteiger partial charge in [-0.3, -0.25) is 9.59 Å². The van der Waals surface area contributed by atoms with Crippen LogP contribution in [-0.4, -0.2) is 49.6 Å². The SMILES string of the molecule is CCCCN1C(=O)C(=O)/C(=C(/O)c2cc(C)cc(Cl)c2OC)C1c1ccc(OC)c(OC)c1. The Kier molecular flexibility index (Phi) is 7.53. The number of aliphatic hydroxyl groups is 1. The molecule has 176 valence electrons. The van der Waals surface area contributed by atoms with E-state index in [0.717, 1.165) is 12.0 Å². The van der Waals surface area contributed by atoms with Gasteiger partial charge in [0.15, 0.2) is 11.5 Å². The number of amides is 1. The Bertz CT molecular complexity index is 1110. The molecule has 2 aromatic rings. The summed E-state index contributed by atoms with van der Waals surface area (Å²) in [4.78, 5) is 27.7. The van der Waals surface area contributed by atoms with E-state index in [4.69, 9.17) is 25.8 Å². The van der Waals surface area contributed by atoms with Crippen LogP contribution in [0.1, 0.15) is 42.5 Å². The Morgan fingerprint density at radius 1 is 1.06 bits per heavy atom. The third kappa shape index (κ3) is 4.50. The molecular weight excluding hydrogens is 446 g/mol. The number of rotatable bonds is 8. The van der Waals surface area contributed by atoms with Crippen LogP contribution in [0.4, 0.5) is 0 Å². The molecule has 0 bridgehead atoms. The van der Waals surface area contributed by atoms with Crippen molar-refractivity contribution in [2.75, 3.05) is 27.9 Å². The van der Waals surface area contributed by atoms with E-state index in [1.54, 1.807) is 30.3 Å². The van der Waals surface area contributed by atoms with E-state index in [1.807, 2.05) is 13.8 Å². The molecule has 1 heterocycles. The molecule has 0 radical (unpaired) electrons. The minimum Gasteiger partial charge on any atom is -0.507 e. The molecule has 1 amide bonds. The van der Waals surface area contributed by atoms with Gasteiger partial charge in [0.2, 0.25) is 0 Å². The van der Waals surface area contributed by atoms with Gasteiger partial charge in [0.1, 0.15) is 11.5 Å². The third-order valence-electron chi connectivity index (χ3n) is 5.66. The molecule has 0 aliphatic carbocycles. The van der Waals surface area contributed by atoms with Crippen LogP contribution in [0, 0.1) is 6.92 Å². The van der Waals surface area contributed by atoms with E-state index in [1.165, 1.54) is 26.2 Å². The fraction of sp³-hybridized carbons (Fsp3) is 0.360. The normalized spacial score (nSPS) is 17.4. The number of ether oxygens (including phenoxy) is 3. The Morgan fingerprint density at radius 3 is 2.36 bits per heavy atom. The van der Waals surface area contributed by atoms with Crippen LogP contribution in [0.15, 0.2) is 35.9 Å². The average molecular weight is 474 g/mol. The summed E-state index contributed by atoms with van der Waals surface area (Å²) in [5.41, 5.74) is 1.61. The summed E-state index contributed by atoms with van der Waals surface area (Å²) in [6.45, 7) is 4.18. The number of methoxy groups -OCH3 is 3. The largest absolute Gasteiger partial charge is 0.507 e. The Balaban J connectivity index is 2.28. The maximum Gasteiger partial charge on any atom is 0.295 e. The molecule has 1 aliphatic heterocycles. The zero-order valence-corrected chi connectivity index (χ0v) is 20.2. The van der Waals surface area contributed by atoms with Crippen LogP contribution < -0.4 is 14.2 Å². The number of Topliss-reactive ketones (excluding diaryl/α,β-unsaturated/α-hetero) is 1. The van der Waals surface area contributed by atoms with Crippen molar-refractivity contribution in [3.8, 4) is 17.2 Å². The topological polar surface area (TPSA) is 85.3 Å². The summed E-state index contributed by atoms with van der Waals surface area (Å²) >= 11 is 6.32. The van der Waals surface area contributed by atoms with Crippen LogP contribution in [0.25, 0.3) is 5.76 Å². The van der Waals surface area contributed by atoms with Gasteiger partial charge in [-0.1, -0.05) is 31.0 Å². The summed E-state index contributed by atoms with van der Waals surface area (Å²) in [6, 6.07) is 7.74. The summed E-state index contributed by atoms with van der Waals surface area (Å²) in [6.07, 6.45) is 1.54. The number of aryl methyl sites for hydroxylation is 1. The van der Waals surface area contributed by atoms with Crippen molar-refractivity contribution in [1.82, 2.24) is 4.90 Å². The summed E-state index contributed by atoms with van der Waals surface area (Å²) < 4.78 is 16.1. The number of nitrogens with zero attached hydrogens (tertiary/aromatic N) is 1. The van der Waals surface area contributed by atoms with Crippen LogP contribution in [0.5, 0.6) is 17.2 Å². The quantitative estimate of drug-likeness (QED) is 0.333. The van der Waals surface area contributed by atoms with Crippen molar-refractivity contribution in [2.45, 2.75) is 32.7 Å². The first-order valence-corrected chi connectivity index (χ1v) is 11.0. The third-order valence-corrected chi connectivity index (χ3v) is 5.94. The summed E-state index contributed by atoms with van der Waals surface area (Å²) in [5.74, 6) is -0.572. The molecular formula is C25H28ClNO6. The van der Waals surface area contributed by atoms with Gasteiger partial charge in [-0.25, -0.2) is 0 Å². The molecule has 33 heavy (non-hydrogen) atoms. The highest BCUT2D eigenvalue weighted by atomic mass is 35.5. The molecule has 3 rings (SSSR count). The number of benzene rings is 2. The van der Waals surface area contributed by atoms with Gasteiger partial charge in [-0.15, -0.1) is 0 Å². The molecule has 1 fully saturated rings. The van der Waals surface area contributed by atoms with Gasteiger partial charge in [0, 0.05) is 6.54 Å². The maximum absolute atomic E-state index is 13.2. The molecule has 2 aromatic carbocycles. The zero-order valence-electron chi connectivity index (χ0n) is 19.4. The highest BCUT2D eigenvalue weighted by Crippen LogP contribution is 2.44. The zero-order chi connectivity index (χ0) is 24.3. The van der Waals surface area contributed by atoms with Crippen molar-refractivity contribution < 1.29 is 28.9 Å². The lowest BCUT2D eigenvalue weighted by Gasteiger charge is -2.26. The van der Waals surface area contributed by atoms with Crippen LogP contribution in [0.3, 0.4) is 0 Å². The lowest BCUT2D eigenvalue weighted by Crippen LogP contribution is -2.30. The molecule has 0 aromatic heterocycles. The fourth-order valence-electron chi connectivity index (χ4n) is 4.07. The number of unbranched alkanes of at least 4 members (excludes halogenated alkanes) is 1. The lowest BCUT2D eigenvalue weighted by molar-refractivity contribution is -0.139. The minimum atomic E-state index is -0.805. The molecule has 1 unspecified atom stereocenters. The number of carbonyl (C=O) groups is 2. The molecule has 1 saturated heterocycles. The molecule has 8 heteroatoms. The van der Waals surface area contributed by atoms with Crippen LogP contribution in [0.2, 0.25) is 5.02 Å². The van der Waals surface area contributed by atoms with Crippen LogP contribution in [-0.2, 0) is 9.59 Å². The highest BCUT2D eigenvalue weighted by molar-refractivity contribution is 6.46. The van der Waals surface area contributed by atoms with Gasteiger partial charge in [-0.2, -0.15) is 0 Å². The van der Waals surface area contributed by atoms with E-state index in [-0.39, 0.29) is 22.6 Å². The number of hydrogen-bond acceptors (Lipinski definition) is 6. The van der Waals surface area contributed by atoms with Gasteiger partial charge in [-0.05, 0) is 48.7 Å². The lowest BCUT2D eigenvalue weighted by atomic mass is 9.94. The molecule has 7 nitrogen and oxygen atoms in total. The van der Waals surface area contributed by atoms with E-state index < -0.39 is 17.7 Å². The Labute approximate surface area is 198 Å². The second-order valence-corrected chi connectivity index (χ2v) is 8.20. The van der Waals surface area contributed by atoms with Crippen molar-refractivity contribution in [3.05, 3.63) is 57.6 Å². The molecule has 0 saturated carbocycles. The fourth-order valence-corrected chi connectivity index (χ4v) is 4.42. The first-order chi connectivity index (χ1) is 15.8. The van der Waals surface area contributed by atoms with Crippen LogP contribution >= 0.6 is 11.6 Å². The number of halogens is 1. The van der Waals surface area contributed by atoms with E-state index in [2.05, 4.69) is 0 Å². The van der Waals surface area contributed by atoms with Gasteiger partial charge >= 0.3 is 0 Å². The van der Waals surface area contributed by atoms with E-state index in [0.29, 0.717) is 35.1 Å². The molecule has 1 N–H and O–H groups in total. The van der Waals surface area contributed by atoms with E-state index >= 15 is 0 Å². The van der Waals surface area contributed by atoms with Gasteiger partial charge < -0.3 is 24.2 Å². The second kappa shape index (κ2) is 10.2. The van der Waals surface area contributed by atoms with Gasteiger partial charge in [0.05, 0.1) is 43.5 Å². The summed E-state index contributed by atoms with van der Waals surface area (Å²) in [7, 11) is 4.47. The van der Waals surface area contributed by atoms with Crippen molar-refractivity contribution in [2.24, 2.45) is 0 Å². The number of likely N-dealkylation sites (tertiary alicyclic amines) is 1. The molecule has 1 aliphatic rings. The van der Waals surface area contributed by atoms with Crippen molar-refractivity contribution >= 4 is 29.1 Å². The predicted molar refractivity (Wildman–Crippen MR) is 126 cm³/mol. The number of hydrogen-bond donors (Lipinski definition) is 1. The van der Waals surface area contributed by atoms with Crippen molar-refractivity contribution in [1.29, 1.82) is 0 Å². The predicted octanol–water partition coefficient (Wildman–Crippen LogP) is 4.90. The first-order valence-electron chi connectivity index (χ1n) is 10.6. The Hall–Kier alpha value is -3.19. The smallest absolute Gasteiger partial charge is 0.295 e. The molecule has 1 atom stereocenters. The first kappa shape index (κ1) is 24.5. The van der Waals surface area contributed by atoms with Gasteiger partial charge in [0.25, 0.3) is 11.7 Å². The van der Waals surface area contributed by atoms with E-state index in [9.17, 15) is 14.7 Å². The second-order valence-electron chi connectivity index (χ2n) is 7.79. The summed E-state index contributed by atoms with van der Waals surface area (Å²) in [5, 5.41) is 11.7. The highest BCUT2D eigenvalue weighted by Gasteiger charge is 2.46. The number of ketones is 1. The number of aliphatic hydroxyl groups excluding tert-OH is 1. The standard InChI is InChI=1S/C25H28ClNO6/c1-6-7-10-27-21(15-8-9-18(31-3)19(13-15)32-4)20(23(29)25(27)30)22(28)16-11-14(2)12-17(26)24(16)33-5/h8-9,11-13,21,28H,6-7,10H2,1-5H3/b22-20+. The minimum absolute atomic E-state index is 0.0247. The number of carbonyl (C=O) groups excluding carboxylic acids is 2. The maximum atomic E-state index is 13.2. The Morgan fingerprint density at radius 2 is 1.76 bits per heavy atom.